The highest BCUT2D eigenvalue weighted by Crippen LogP contribution is 2.30. The monoisotopic (exact) mass is 575 g/mol. The summed E-state index contributed by atoms with van der Waals surface area (Å²) in [7, 11) is 1.55. The molecule has 0 atom stereocenters. The number of carbonyl (C=O) groups is 2. The van der Waals surface area contributed by atoms with Gasteiger partial charge in [-0.05, 0) is 65.6 Å². The molecule has 0 fully saturated rings. The van der Waals surface area contributed by atoms with Gasteiger partial charge >= 0.3 is 11.6 Å². The van der Waals surface area contributed by atoms with E-state index in [9.17, 15) is 14.4 Å². The van der Waals surface area contributed by atoms with E-state index in [0.717, 1.165) is 16.7 Å². The zero-order chi connectivity index (χ0) is 30.2. The van der Waals surface area contributed by atoms with Crippen LogP contribution in [0.5, 0.6) is 17.2 Å². The lowest BCUT2D eigenvalue weighted by Gasteiger charge is -2.12. The second-order valence-corrected chi connectivity index (χ2v) is 9.70. The Balaban J connectivity index is 1.21. The maximum atomic E-state index is 12.6. The third-order valence-corrected chi connectivity index (χ3v) is 6.71. The minimum Gasteiger partial charge on any atom is -0.493 e. The van der Waals surface area contributed by atoms with Crippen LogP contribution in [0.2, 0.25) is 0 Å². The van der Waals surface area contributed by atoms with E-state index in [1.807, 2.05) is 61.5 Å². The number of aryl methyl sites for hydroxylation is 1. The largest absolute Gasteiger partial charge is 0.493 e. The second-order valence-electron chi connectivity index (χ2n) is 9.70. The van der Waals surface area contributed by atoms with Gasteiger partial charge in [0, 0.05) is 24.1 Å². The highest BCUT2D eigenvalue weighted by molar-refractivity contribution is 5.97. The van der Waals surface area contributed by atoms with Gasteiger partial charge < -0.3 is 23.9 Å². The van der Waals surface area contributed by atoms with E-state index in [1.54, 1.807) is 43.5 Å². The molecule has 1 heterocycles. The number of esters is 1. The molecular formula is C35H29NO7. The van der Waals surface area contributed by atoms with Crippen molar-refractivity contribution >= 4 is 28.9 Å². The minimum absolute atomic E-state index is 0.113. The molecule has 1 N–H and O–H groups in total. The van der Waals surface area contributed by atoms with Crippen LogP contribution in [-0.4, -0.2) is 19.0 Å². The van der Waals surface area contributed by atoms with E-state index < -0.39 is 17.5 Å². The number of hydrogen-bond donors (Lipinski definition) is 1. The summed E-state index contributed by atoms with van der Waals surface area (Å²) in [6.07, 6.45) is 2.88. The fourth-order valence-corrected chi connectivity index (χ4v) is 4.34. The first-order valence-corrected chi connectivity index (χ1v) is 13.5. The predicted molar refractivity (Wildman–Crippen MR) is 163 cm³/mol. The summed E-state index contributed by atoms with van der Waals surface area (Å²) in [6.45, 7) is 2.71. The van der Waals surface area contributed by atoms with Gasteiger partial charge in [0.25, 0.3) is 5.91 Å². The number of fused-ring (bicyclic) bond motifs is 1. The van der Waals surface area contributed by atoms with Crippen molar-refractivity contribution < 1.29 is 28.2 Å². The molecule has 0 aliphatic carbocycles. The van der Waals surface area contributed by atoms with Crippen LogP contribution in [0, 0.1) is 6.92 Å². The maximum absolute atomic E-state index is 12.6. The molecular weight excluding hydrogens is 546 g/mol. The molecule has 1 aromatic heterocycles. The number of carbonyl (C=O) groups excluding carboxylic acids is 2. The molecule has 0 saturated heterocycles. The van der Waals surface area contributed by atoms with Crippen molar-refractivity contribution in [2.45, 2.75) is 20.1 Å². The van der Waals surface area contributed by atoms with E-state index >= 15 is 0 Å². The van der Waals surface area contributed by atoms with Crippen LogP contribution in [-0.2, 0) is 17.9 Å². The standard InChI is InChI=1S/C35H29NO7/c1-23-8-6-7-11-27(23)22-41-30-16-12-24(18-32(30)40-2)13-17-33(37)42-28-15-14-26-19-29(35(39)43-31(26)20-28)34(38)36-21-25-9-4-3-5-10-25/h3-20H,21-22H2,1-2H3,(H,36,38)/b17-13+. The van der Waals surface area contributed by atoms with Crippen LogP contribution in [0.3, 0.4) is 0 Å². The molecule has 8 nitrogen and oxygen atoms in total. The van der Waals surface area contributed by atoms with Crippen LogP contribution in [0.15, 0.2) is 112 Å². The van der Waals surface area contributed by atoms with Crippen molar-refractivity contribution in [2.75, 3.05) is 7.11 Å². The van der Waals surface area contributed by atoms with Crippen LogP contribution in [0.4, 0.5) is 0 Å². The first kappa shape index (κ1) is 28.9. The Kier molecular flexibility index (Phi) is 8.97. The van der Waals surface area contributed by atoms with Crippen LogP contribution in [0.1, 0.15) is 32.6 Å². The number of nitrogens with one attached hydrogen (secondary N) is 1. The van der Waals surface area contributed by atoms with E-state index in [-0.39, 0.29) is 23.4 Å². The van der Waals surface area contributed by atoms with Gasteiger partial charge in [0.2, 0.25) is 0 Å². The molecule has 0 radical (unpaired) electrons. The zero-order valence-corrected chi connectivity index (χ0v) is 23.7. The Hall–Kier alpha value is -5.63. The number of rotatable bonds is 10. The highest BCUT2D eigenvalue weighted by Gasteiger charge is 2.15. The molecule has 0 aliphatic rings. The van der Waals surface area contributed by atoms with Crippen molar-refractivity contribution in [3.05, 3.63) is 141 Å². The molecule has 216 valence electrons. The fourth-order valence-electron chi connectivity index (χ4n) is 4.34. The molecule has 0 spiro atoms. The van der Waals surface area contributed by atoms with Gasteiger partial charge in [-0.25, -0.2) is 9.59 Å². The molecule has 0 bridgehead atoms. The van der Waals surface area contributed by atoms with Gasteiger partial charge in [-0.3, -0.25) is 4.79 Å². The van der Waals surface area contributed by atoms with Crippen molar-refractivity contribution in [1.29, 1.82) is 0 Å². The van der Waals surface area contributed by atoms with Crippen molar-refractivity contribution in [2.24, 2.45) is 0 Å². The first-order valence-electron chi connectivity index (χ1n) is 13.5. The Morgan fingerprint density at radius 3 is 2.47 bits per heavy atom. The average molecular weight is 576 g/mol. The van der Waals surface area contributed by atoms with Crippen LogP contribution in [0.25, 0.3) is 17.0 Å². The number of amides is 1. The number of hydrogen-bond acceptors (Lipinski definition) is 7. The minimum atomic E-state index is -0.790. The summed E-state index contributed by atoms with van der Waals surface area (Å²) in [5.74, 6) is 0.131. The Labute approximate surface area is 248 Å². The molecule has 8 heteroatoms. The average Bonchev–Trinajstić information content (AvgIpc) is 3.02. The van der Waals surface area contributed by atoms with Crippen molar-refractivity contribution in [3.63, 3.8) is 0 Å². The molecule has 0 aliphatic heterocycles. The summed E-state index contributed by atoms with van der Waals surface area (Å²) in [6, 6.07) is 28.7. The fraction of sp³-hybridized carbons (Fsp3) is 0.114. The maximum Gasteiger partial charge on any atom is 0.349 e. The van der Waals surface area contributed by atoms with Gasteiger partial charge in [0.05, 0.1) is 7.11 Å². The van der Waals surface area contributed by atoms with Gasteiger partial charge in [-0.15, -0.1) is 0 Å². The molecule has 0 unspecified atom stereocenters. The van der Waals surface area contributed by atoms with Crippen molar-refractivity contribution in [3.8, 4) is 17.2 Å². The highest BCUT2D eigenvalue weighted by atomic mass is 16.5. The predicted octanol–water partition coefficient (Wildman–Crippen LogP) is 6.24. The van der Waals surface area contributed by atoms with E-state index in [2.05, 4.69) is 5.32 Å². The third-order valence-electron chi connectivity index (χ3n) is 6.71. The summed E-state index contributed by atoms with van der Waals surface area (Å²) < 4.78 is 22.2. The first-order chi connectivity index (χ1) is 20.9. The molecule has 5 aromatic rings. The topological polar surface area (TPSA) is 104 Å². The number of benzene rings is 4. The quantitative estimate of drug-likeness (QED) is 0.0910. The summed E-state index contributed by atoms with van der Waals surface area (Å²) in [5, 5.41) is 3.23. The molecule has 0 saturated carbocycles. The van der Waals surface area contributed by atoms with Crippen LogP contribution >= 0.6 is 0 Å². The van der Waals surface area contributed by atoms with E-state index in [4.69, 9.17) is 18.6 Å². The van der Waals surface area contributed by atoms with E-state index in [0.29, 0.717) is 29.1 Å². The van der Waals surface area contributed by atoms with E-state index in [1.165, 1.54) is 18.2 Å². The summed E-state index contributed by atoms with van der Waals surface area (Å²) in [5.41, 5.74) is 3.11. The van der Waals surface area contributed by atoms with Gasteiger partial charge in [0.1, 0.15) is 23.5 Å². The number of methoxy groups -OCH3 is 1. The Morgan fingerprint density at radius 1 is 0.884 bits per heavy atom. The van der Waals surface area contributed by atoms with Gasteiger partial charge in [-0.1, -0.05) is 60.7 Å². The molecule has 5 rings (SSSR count). The lowest BCUT2D eigenvalue weighted by atomic mass is 10.1. The third kappa shape index (κ3) is 7.37. The van der Waals surface area contributed by atoms with Crippen LogP contribution < -0.4 is 25.2 Å². The summed E-state index contributed by atoms with van der Waals surface area (Å²) in [4.78, 5) is 37.6. The lowest BCUT2D eigenvalue weighted by molar-refractivity contribution is -0.128. The van der Waals surface area contributed by atoms with Gasteiger partial charge in [0.15, 0.2) is 11.5 Å². The second kappa shape index (κ2) is 13.4. The smallest absolute Gasteiger partial charge is 0.349 e. The van der Waals surface area contributed by atoms with Gasteiger partial charge in [-0.2, -0.15) is 0 Å². The number of ether oxygens (including phenoxy) is 3. The SMILES string of the molecule is COc1cc(/C=C/C(=O)Oc2ccc3cc(C(=O)NCc4ccccc4)c(=O)oc3c2)ccc1OCc1ccccc1C. The Morgan fingerprint density at radius 2 is 1.67 bits per heavy atom. The van der Waals surface area contributed by atoms with Crippen molar-refractivity contribution in [1.82, 2.24) is 5.32 Å². The molecule has 43 heavy (non-hydrogen) atoms. The zero-order valence-electron chi connectivity index (χ0n) is 23.7. The normalized spacial score (nSPS) is 10.9. The molecule has 4 aromatic carbocycles. The lowest BCUT2D eigenvalue weighted by Crippen LogP contribution is -2.27. The molecule has 1 amide bonds. The Bertz CT molecular complexity index is 1860. The summed E-state index contributed by atoms with van der Waals surface area (Å²) >= 11 is 0.